The van der Waals surface area contributed by atoms with Gasteiger partial charge in [0.05, 0.1) is 6.61 Å². The van der Waals surface area contributed by atoms with Crippen molar-refractivity contribution in [3.63, 3.8) is 0 Å². The summed E-state index contributed by atoms with van der Waals surface area (Å²) in [4.78, 5) is 140. The largest absolute Gasteiger partial charge is 0.490 e. The Kier molecular flexibility index (Phi) is 47.5. The highest BCUT2D eigenvalue weighted by atomic mass is 19.1. The van der Waals surface area contributed by atoms with Gasteiger partial charge in [0.15, 0.2) is 11.6 Å². The second kappa shape index (κ2) is 58.4. The van der Waals surface area contributed by atoms with Gasteiger partial charge in [0.2, 0.25) is 0 Å². The molecule has 0 saturated carbocycles. The molecule has 742 valence electrons. The van der Waals surface area contributed by atoms with E-state index >= 15 is 0 Å². The number of hydrogen-bond acceptors (Lipinski definition) is 30. The van der Waals surface area contributed by atoms with Crippen molar-refractivity contribution in [1.82, 2.24) is 0 Å². The van der Waals surface area contributed by atoms with Crippen molar-refractivity contribution in [2.75, 3.05) is 85.9 Å². The predicted molar refractivity (Wildman–Crippen MR) is 527 cm³/mol. The van der Waals surface area contributed by atoms with Gasteiger partial charge in [-0.05, 0) is 230 Å². The van der Waals surface area contributed by atoms with Crippen LogP contribution in [0, 0.1) is 5.82 Å². The zero-order chi connectivity index (χ0) is 105. The molecule has 0 saturated heterocycles. The van der Waals surface area contributed by atoms with E-state index < -0.39 is 77.4 Å². The summed E-state index contributed by atoms with van der Waals surface area (Å²) in [7, 11) is 0. The van der Waals surface area contributed by atoms with E-state index in [2.05, 4.69) is 78.9 Å². The molecular formula is C110H115FO30. The third-order valence-electron chi connectivity index (χ3n) is 17.8. The van der Waals surface area contributed by atoms with Crippen LogP contribution in [-0.4, -0.2) is 158 Å². The van der Waals surface area contributed by atoms with Crippen LogP contribution in [0.2, 0.25) is 0 Å². The Morgan fingerprint density at radius 3 is 0.638 bits per heavy atom. The molecule has 0 spiro atoms. The molecule has 30 nitrogen and oxygen atoms in total. The van der Waals surface area contributed by atoms with E-state index in [1.165, 1.54) is 32.9 Å². The van der Waals surface area contributed by atoms with Crippen molar-refractivity contribution in [3.05, 3.63) is 321 Å². The molecule has 0 aliphatic rings. The lowest BCUT2D eigenvalue weighted by molar-refractivity contribution is -0.140. The van der Waals surface area contributed by atoms with Gasteiger partial charge >= 0.3 is 71.6 Å². The number of carbonyl (C=O) groups is 12. The van der Waals surface area contributed by atoms with Gasteiger partial charge in [0.25, 0.3) is 0 Å². The van der Waals surface area contributed by atoms with Gasteiger partial charge in [-0.25, -0.2) is 61.9 Å². The summed E-state index contributed by atoms with van der Waals surface area (Å²) in [5, 5.41) is 0. The molecule has 0 N–H and O–H groups in total. The van der Waals surface area contributed by atoms with E-state index in [1.807, 2.05) is 30.3 Å². The van der Waals surface area contributed by atoms with Gasteiger partial charge in [-0.2, -0.15) is 0 Å². The third-order valence-corrected chi connectivity index (χ3v) is 17.8. The van der Waals surface area contributed by atoms with Gasteiger partial charge in [0, 0.05) is 91.5 Å². The number of carbonyl (C=O) groups excluding carboxylic acids is 12. The van der Waals surface area contributed by atoms with Crippen LogP contribution in [0.15, 0.2) is 310 Å². The van der Waals surface area contributed by atoms with E-state index in [4.69, 9.17) is 85.3 Å². The molecule has 0 amide bonds. The second-order valence-electron chi connectivity index (χ2n) is 31.3. The van der Waals surface area contributed by atoms with Gasteiger partial charge in [-0.15, -0.1) is 0 Å². The van der Waals surface area contributed by atoms with Gasteiger partial charge in [0.1, 0.15) is 137 Å². The molecule has 0 atom stereocenters. The van der Waals surface area contributed by atoms with Gasteiger partial charge in [-0.3, -0.25) is 0 Å². The first-order chi connectivity index (χ1) is 66.7. The van der Waals surface area contributed by atoms with E-state index in [-0.39, 0.29) is 120 Å². The zero-order valence-corrected chi connectivity index (χ0v) is 81.1. The fourth-order valence-electron chi connectivity index (χ4n) is 10.5. The summed E-state index contributed by atoms with van der Waals surface area (Å²) in [6.07, 6.45) is 0.460. The standard InChI is InChI=1S/C28H29FO8.C28H30O8.C28H30O7.C26H26O7/c1-17(2)26(30)35-11-9-33-22-13-21(14-23(16-22)34-10-12-36-27(31)18(3)4)20-7-8-25(24(29)15-20)37-28(32)19(5)6;1-18(2)26(29)34-13-11-32-24-15-22(16-25(17-24)33-12-14-35-27(30)19(3)4)21-7-9-23(10-8-21)36-28(31)20(5)6;1-18(2)26(29)33-12-11-21-15-23(17-25(16-21)32-13-14-34-27(30)19(3)4)22-7-9-24(10-8-22)35-28(31)20(5)6;1-16(2)24(27)31-12-11-30-22-13-20(14-23(15-22)33-26(29)18(5)6)19-7-9-21(10-8-19)32-25(28)17(3)4/h7-8,13-16H,1,3,5,9-12H2,2,4,6H3;7-10,15-17H,1,3,5,11-14H2,2,4,6H3;7-10,15-17H,1,3,5,11-14H2,2,4,6H3;7-10,13-15H,1,3,5,11-12H2,2,4,6H3. The highest BCUT2D eigenvalue weighted by Gasteiger charge is 2.20. The van der Waals surface area contributed by atoms with Crippen molar-refractivity contribution >= 4 is 71.6 Å². The van der Waals surface area contributed by atoms with Crippen molar-refractivity contribution < 1.29 is 147 Å². The summed E-state index contributed by atoms with van der Waals surface area (Å²) in [6, 6.07) is 45.5. The lowest BCUT2D eigenvalue weighted by Gasteiger charge is -2.14. The quantitative estimate of drug-likeness (QED) is 0.0112. The first kappa shape index (κ1) is 115. The molecule has 8 rings (SSSR count). The Morgan fingerprint density at radius 1 is 0.191 bits per heavy atom. The molecule has 0 heterocycles. The van der Waals surface area contributed by atoms with Crippen LogP contribution in [0.3, 0.4) is 0 Å². The summed E-state index contributed by atoms with van der Waals surface area (Å²) < 4.78 is 111. The molecule has 0 aliphatic heterocycles. The molecule has 0 unspecified atom stereocenters. The smallest absolute Gasteiger partial charge is 0.338 e. The molecule has 31 heteroatoms. The number of rotatable bonds is 48. The highest BCUT2D eigenvalue weighted by Crippen LogP contribution is 2.37. The van der Waals surface area contributed by atoms with Gasteiger partial charge < -0.3 is 85.3 Å². The van der Waals surface area contributed by atoms with E-state index in [1.54, 1.807) is 184 Å². The minimum atomic E-state index is -0.751. The summed E-state index contributed by atoms with van der Waals surface area (Å²) in [6.45, 7) is 62.0. The topological polar surface area (TPSA) is 371 Å². The molecule has 0 fully saturated rings. The maximum absolute atomic E-state index is 14.7. The molecule has 141 heavy (non-hydrogen) atoms. The Bertz CT molecular complexity index is 5940. The highest BCUT2D eigenvalue weighted by molar-refractivity contribution is 5.94. The van der Waals surface area contributed by atoms with Crippen LogP contribution in [-0.2, 0) is 97.1 Å². The number of esters is 12. The van der Waals surface area contributed by atoms with Crippen LogP contribution in [0.1, 0.15) is 88.6 Å². The number of hydrogen-bond donors (Lipinski definition) is 0. The molecule has 8 aromatic rings. The Balaban J connectivity index is 0.000000332. The normalized spacial score (nSPS) is 10.1. The zero-order valence-electron chi connectivity index (χ0n) is 81.1. The lowest BCUT2D eigenvalue weighted by atomic mass is 10.0. The summed E-state index contributed by atoms with van der Waals surface area (Å²) in [5.74, 6) is -3.25. The first-order valence-corrected chi connectivity index (χ1v) is 43.3. The molecule has 8 aromatic carbocycles. The van der Waals surface area contributed by atoms with Crippen LogP contribution in [0.5, 0.6) is 63.2 Å². The van der Waals surface area contributed by atoms with Crippen molar-refractivity contribution in [2.24, 2.45) is 0 Å². The van der Waals surface area contributed by atoms with E-state index in [0.717, 1.165) is 33.4 Å². The van der Waals surface area contributed by atoms with Crippen LogP contribution >= 0.6 is 0 Å². The maximum atomic E-state index is 14.7. The average Bonchev–Trinajstić information content (AvgIpc) is 0.877. The van der Waals surface area contributed by atoms with Crippen LogP contribution < -0.4 is 52.1 Å². The third kappa shape index (κ3) is 42.4. The minimum absolute atomic E-state index is 0.0135. The Morgan fingerprint density at radius 2 is 0.390 bits per heavy atom. The molecule has 0 aliphatic carbocycles. The van der Waals surface area contributed by atoms with Crippen LogP contribution in [0.4, 0.5) is 4.39 Å². The lowest BCUT2D eigenvalue weighted by Crippen LogP contribution is -2.13. The van der Waals surface area contributed by atoms with E-state index in [0.29, 0.717) is 119 Å². The van der Waals surface area contributed by atoms with Crippen LogP contribution in [0.25, 0.3) is 44.5 Å². The fourth-order valence-corrected chi connectivity index (χ4v) is 10.5. The van der Waals surface area contributed by atoms with E-state index in [9.17, 15) is 61.9 Å². The average molecular weight is 1940 g/mol. The maximum Gasteiger partial charge on any atom is 0.338 e. The summed E-state index contributed by atoms with van der Waals surface area (Å²) >= 11 is 0. The number of benzene rings is 8. The molecule has 0 bridgehead atoms. The van der Waals surface area contributed by atoms with Crippen molar-refractivity contribution in [3.8, 4) is 108 Å². The fraction of sp³-hybridized carbons (Fsp3) is 0.236. The second-order valence-corrected chi connectivity index (χ2v) is 31.3. The number of halogens is 1. The van der Waals surface area contributed by atoms with Crippen molar-refractivity contribution in [1.29, 1.82) is 0 Å². The Labute approximate surface area is 818 Å². The molecule has 0 aromatic heterocycles. The van der Waals surface area contributed by atoms with Gasteiger partial charge in [-0.1, -0.05) is 127 Å². The number of ether oxygens (including phenoxy) is 18. The predicted octanol–water partition coefficient (Wildman–Crippen LogP) is 19.6. The minimum Gasteiger partial charge on any atom is -0.490 e. The molecular weight excluding hydrogens is 1820 g/mol. The monoisotopic (exact) mass is 1930 g/mol. The summed E-state index contributed by atoms with van der Waals surface area (Å²) in [5.41, 5.74) is 9.96. The first-order valence-electron chi connectivity index (χ1n) is 43.3. The SMILES string of the molecule is C=C(C)C(=O)OCCOc1cc(CCOC(=O)C(=C)C)cc(-c2ccc(OC(=O)C(=C)C)cc2)c1.C=C(C)C(=O)OCCOc1cc(OC(=O)C(=C)C)cc(-c2ccc(OC(=O)C(=C)C)cc2)c1.C=C(C)C(=O)OCCOc1cc(OCCOC(=O)C(=C)C)cc(-c2ccc(OC(=O)C(=C)C)c(F)c2)c1.C=C(C)C(=O)OCCOc1cc(OCCOC(=O)C(=C)C)cc(-c2ccc(OC(=O)C(=C)C)cc2)c1. The molecule has 0 radical (unpaired) electrons. The van der Waals surface area contributed by atoms with Crippen molar-refractivity contribution in [2.45, 2.75) is 89.5 Å². The Hall–Kier alpha value is -17.0.